The highest BCUT2D eigenvalue weighted by Gasteiger charge is 2.24. The number of benzene rings is 1. The van der Waals surface area contributed by atoms with Gasteiger partial charge in [0.05, 0.1) is 6.42 Å². The monoisotopic (exact) mass is 371 g/mol. The van der Waals surface area contributed by atoms with Crippen LogP contribution in [-0.2, 0) is 11.2 Å². The van der Waals surface area contributed by atoms with Gasteiger partial charge in [0.2, 0.25) is 11.0 Å². The average molecular weight is 371 g/mol. The summed E-state index contributed by atoms with van der Waals surface area (Å²) in [5.74, 6) is 0.0902. The van der Waals surface area contributed by atoms with Crippen LogP contribution < -0.4 is 4.90 Å². The molecular formula is C18H21N5O2S. The maximum Gasteiger partial charge on any atom is 0.228 e. The van der Waals surface area contributed by atoms with E-state index in [2.05, 4.69) is 26.3 Å². The van der Waals surface area contributed by atoms with E-state index in [0.29, 0.717) is 13.1 Å². The van der Waals surface area contributed by atoms with Gasteiger partial charge in [-0.2, -0.15) is 0 Å². The second kappa shape index (κ2) is 6.68. The van der Waals surface area contributed by atoms with Gasteiger partial charge in [-0.05, 0) is 38.0 Å². The van der Waals surface area contributed by atoms with Gasteiger partial charge in [-0.25, -0.2) is 0 Å². The van der Waals surface area contributed by atoms with E-state index in [4.69, 9.17) is 4.52 Å². The highest BCUT2D eigenvalue weighted by molar-refractivity contribution is 7.15. The van der Waals surface area contributed by atoms with Crippen LogP contribution in [0.2, 0.25) is 0 Å². The van der Waals surface area contributed by atoms with Crippen LogP contribution in [-0.4, -0.2) is 52.3 Å². The van der Waals surface area contributed by atoms with Gasteiger partial charge >= 0.3 is 0 Å². The van der Waals surface area contributed by atoms with Crippen molar-refractivity contribution < 1.29 is 9.32 Å². The van der Waals surface area contributed by atoms with E-state index in [1.54, 1.807) is 11.3 Å². The number of amides is 1. The molecule has 4 rings (SSSR count). The quantitative estimate of drug-likeness (QED) is 0.704. The number of nitrogens with zero attached hydrogens (tertiary/aromatic N) is 5. The fourth-order valence-corrected chi connectivity index (χ4v) is 4.12. The summed E-state index contributed by atoms with van der Waals surface area (Å²) < 4.78 is 5.46. The van der Waals surface area contributed by atoms with Crippen LogP contribution in [0.25, 0.3) is 11.0 Å². The Morgan fingerprint density at radius 1 is 1.15 bits per heavy atom. The Morgan fingerprint density at radius 2 is 1.92 bits per heavy atom. The van der Waals surface area contributed by atoms with E-state index in [-0.39, 0.29) is 12.3 Å². The Kier molecular flexibility index (Phi) is 4.36. The van der Waals surface area contributed by atoms with Crippen molar-refractivity contribution in [3.8, 4) is 0 Å². The first-order valence-electron chi connectivity index (χ1n) is 8.69. The van der Waals surface area contributed by atoms with E-state index in [0.717, 1.165) is 51.0 Å². The van der Waals surface area contributed by atoms with E-state index in [1.807, 2.05) is 31.7 Å². The third-order valence-electron chi connectivity index (χ3n) is 4.71. The first kappa shape index (κ1) is 17.0. The molecule has 0 spiro atoms. The van der Waals surface area contributed by atoms with Crippen molar-refractivity contribution in [3.05, 3.63) is 34.0 Å². The number of rotatable bonds is 3. The van der Waals surface area contributed by atoms with Gasteiger partial charge in [0.15, 0.2) is 5.58 Å². The Bertz CT molecular complexity index is 956. The summed E-state index contributed by atoms with van der Waals surface area (Å²) >= 11 is 1.59. The van der Waals surface area contributed by atoms with Crippen LogP contribution in [0.5, 0.6) is 0 Å². The van der Waals surface area contributed by atoms with E-state index < -0.39 is 0 Å². The van der Waals surface area contributed by atoms with Gasteiger partial charge < -0.3 is 14.3 Å². The lowest BCUT2D eigenvalue weighted by atomic mass is 10.1. The van der Waals surface area contributed by atoms with Crippen molar-refractivity contribution in [1.82, 2.24) is 20.3 Å². The lowest BCUT2D eigenvalue weighted by Gasteiger charge is -2.34. The number of anilines is 1. The predicted octanol–water partition coefficient (Wildman–Crippen LogP) is 2.50. The van der Waals surface area contributed by atoms with Crippen LogP contribution in [0, 0.1) is 20.8 Å². The van der Waals surface area contributed by atoms with Gasteiger partial charge in [-0.15, -0.1) is 10.2 Å². The molecule has 1 saturated heterocycles. The first-order chi connectivity index (χ1) is 12.5. The third kappa shape index (κ3) is 3.16. The topological polar surface area (TPSA) is 75.4 Å². The second-order valence-corrected chi connectivity index (χ2v) is 7.90. The van der Waals surface area contributed by atoms with E-state index in [1.165, 1.54) is 0 Å². The molecule has 26 heavy (non-hydrogen) atoms. The molecule has 1 aliphatic rings. The smallest absolute Gasteiger partial charge is 0.228 e. The number of hydrogen-bond acceptors (Lipinski definition) is 7. The number of hydrogen-bond donors (Lipinski definition) is 0. The highest BCUT2D eigenvalue weighted by Crippen LogP contribution is 2.25. The standard InChI is InChI=1S/C18H21N5O2S/c1-11-8-12(2)17-14(9-11)15(21-25-17)10-16(24)22-4-6-23(7-5-22)18-20-19-13(3)26-18/h8-9H,4-7,10H2,1-3H3. The zero-order chi connectivity index (χ0) is 18.3. The molecule has 0 N–H and O–H groups in total. The molecule has 3 aromatic rings. The number of carbonyl (C=O) groups is 1. The minimum absolute atomic E-state index is 0.0902. The molecule has 2 aromatic heterocycles. The Balaban J connectivity index is 1.43. The normalized spacial score (nSPS) is 15.0. The maximum atomic E-state index is 12.7. The SMILES string of the molecule is Cc1cc(C)c2onc(CC(=O)N3CCN(c4nnc(C)s4)CC3)c2c1. The summed E-state index contributed by atoms with van der Waals surface area (Å²) in [4.78, 5) is 16.8. The summed E-state index contributed by atoms with van der Waals surface area (Å²) in [6.45, 7) is 8.92. The van der Waals surface area contributed by atoms with Gasteiger partial charge in [-0.3, -0.25) is 4.79 Å². The van der Waals surface area contributed by atoms with Crippen molar-refractivity contribution >= 4 is 33.3 Å². The van der Waals surface area contributed by atoms with Crippen LogP contribution in [0.3, 0.4) is 0 Å². The Labute approximate surface area is 155 Å². The Hall–Kier alpha value is -2.48. The van der Waals surface area contributed by atoms with Crippen molar-refractivity contribution in [3.63, 3.8) is 0 Å². The Morgan fingerprint density at radius 3 is 2.62 bits per heavy atom. The second-order valence-electron chi connectivity index (χ2n) is 6.74. The predicted molar refractivity (Wildman–Crippen MR) is 101 cm³/mol. The summed E-state index contributed by atoms with van der Waals surface area (Å²) in [7, 11) is 0. The van der Waals surface area contributed by atoms with Crippen LogP contribution in [0.15, 0.2) is 16.7 Å². The number of aromatic nitrogens is 3. The molecule has 7 nitrogen and oxygen atoms in total. The van der Waals surface area contributed by atoms with Gasteiger partial charge in [0.1, 0.15) is 10.7 Å². The molecule has 0 saturated carbocycles. The maximum absolute atomic E-state index is 12.7. The molecule has 1 aliphatic heterocycles. The minimum atomic E-state index is 0.0902. The molecule has 1 amide bonds. The molecular weight excluding hydrogens is 350 g/mol. The number of carbonyl (C=O) groups excluding carboxylic acids is 1. The first-order valence-corrected chi connectivity index (χ1v) is 9.51. The van der Waals surface area contributed by atoms with Crippen molar-refractivity contribution in [2.24, 2.45) is 0 Å². The summed E-state index contributed by atoms with van der Waals surface area (Å²) in [6.07, 6.45) is 0.272. The third-order valence-corrected chi connectivity index (χ3v) is 5.61. The van der Waals surface area contributed by atoms with Gasteiger partial charge in [0, 0.05) is 31.6 Å². The number of aryl methyl sites for hydroxylation is 3. The van der Waals surface area contributed by atoms with Crippen LogP contribution >= 0.6 is 11.3 Å². The zero-order valence-corrected chi connectivity index (χ0v) is 16.0. The molecule has 1 fully saturated rings. The molecule has 0 atom stereocenters. The minimum Gasteiger partial charge on any atom is -0.356 e. The fraction of sp³-hybridized carbons (Fsp3) is 0.444. The molecule has 0 bridgehead atoms. The lowest BCUT2D eigenvalue weighted by molar-refractivity contribution is -0.130. The van der Waals surface area contributed by atoms with Crippen molar-refractivity contribution in [1.29, 1.82) is 0 Å². The van der Waals surface area contributed by atoms with Crippen molar-refractivity contribution in [2.45, 2.75) is 27.2 Å². The molecule has 1 aromatic carbocycles. The highest BCUT2D eigenvalue weighted by atomic mass is 32.1. The molecule has 8 heteroatoms. The molecule has 0 aliphatic carbocycles. The summed E-state index contributed by atoms with van der Waals surface area (Å²) in [6, 6.07) is 4.10. The number of piperazine rings is 1. The molecule has 136 valence electrons. The lowest BCUT2D eigenvalue weighted by Crippen LogP contribution is -2.49. The van der Waals surface area contributed by atoms with Crippen LogP contribution in [0.4, 0.5) is 5.13 Å². The largest absolute Gasteiger partial charge is 0.356 e. The van der Waals surface area contributed by atoms with E-state index in [9.17, 15) is 4.79 Å². The zero-order valence-electron chi connectivity index (χ0n) is 15.2. The van der Waals surface area contributed by atoms with E-state index >= 15 is 0 Å². The summed E-state index contributed by atoms with van der Waals surface area (Å²) in [5, 5.41) is 15.2. The summed E-state index contributed by atoms with van der Waals surface area (Å²) in [5.41, 5.74) is 3.69. The van der Waals surface area contributed by atoms with Crippen LogP contribution in [0.1, 0.15) is 21.8 Å². The van der Waals surface area contributed by atoms with Gasteiger partial charge in [0.25, 0.3) is 0 Å². The number of fused-ring (bicyclic) bond motifs is 1. The molecule has 3 heterocycles. The average Bonchev–Trinajstić information content (AvgIpc) is 3.22. The molecule has 0 unspecified atom stereocenters. The molecule has 0 radical (unpaired) electrons. The van der Waals surface area contributed by atoms with Crippen molar-refractivity contribution in [2.75, 3.05) is 31.1 Å². The van der Waals surface area contributed by atoms with Gasteiger partial charge in [-0.1, -0.05) is 22.6 Å². The fourth-order valence-electron chi connectivity index (χ4n) is 3.38.